The lowest BCUT2D eigenvalue weighted by Gasteiger charge is -2.07. The molecule has 12 heavy (non-hydrogen) atoms. The molecule has 0 spiro atoms. The van der Waals surface area contributed by atoms with Crippen molar-refractivity contribution in [3.8, 4) is 0 Å². The average Bonchev–Trinajstić information content (AvgIpc) is 2.35. The average molecular weight is 196 g/mol. The molecule has 0 atom stereocenters. The van der Waals surface area contributed by atoms with E-state index in [9.17, 15) is 8.78 Å². The van der Waals surface area contributed by atoms with Gasteiger partial charge >= 0.3 is 0 Å². The highest BCUT2D eigenvalue weighted by atomic mass is 35.5. The molecule has 1 heterocycles. The molecule has 0 aliphatic carbocycles. The third kappa shape index (κ3) is 1.66. The summed E-state index contributed by atoms with van der Waals surface area (Å²) in [4.78, 5) is 0. The van der Waals surface area contributed by atoms with Crippen LogP contribution in [0.5, 0.6) is 0 Å². The first-order valence-electron chi connectivity index (χ1n) is 3.31. The number of aromatic nitrogens is 2. The summed E-state index contributed by atoms with van der Waals surface area (Å²) >= 11 is 5.49. The summed E-state index contributed by atoms with van der Waals surface area (Å²) in [7, 11) is 0. The van der Waals surface area contributed by atoms with Crippen molar-refractivity contribution < 1.29 is 8.78 Å². The molecule has 0 unspecified atom stereocenters. The molecule has 3 nitrogen and oxygen atoms in total. The predicted octanol–water partition coefficient (Wildman–Crippen LogP) is 1.60. The minimum atomic E-state index is -0.917. The topological polar surface area (TPSA) is 43.8 Å². The van der Waals surface area contributed by atoms with E-state index < -0.39 is 19.4 Å². The Labute approximate surface area is 73.1 Å². The lowest BCUT2D eigenvalue weighted by Crippen LogP contribution is -2.13. The number of alkyl halides is 2. The van der Waals surface area contributed by atoms with Crippen LogP contribution in [0.1, 0.15) is 6.04 Å². The van der Waals surface area contributed by atoms with Crippen LogP contribution in [0, 0.1) is 0 Å². The van der Waals surface area contributed by atoms with Gasteiger partial charge in [-0.15, -0.1) is 0 Å². The van der Waals surface area contributed by atoms with Gasteiger partial charge in [-0.05, 0) is 0 Å². The van der Waals surface area contributed by atoms with Crippen LogP contribution < -0.4 is 5.73 Å². The fraction of sp³-hybridized carbons (Fsp3) is 0.500. The van der Waals surface area contributed by atoms with Crippen LogP contribution in [0.25, 0.3) is 0 Å². The third-order valence-corrected chi connectivity index (χ3v) is 1.74. The van der Waals surface area contributed by atoms with Crippen molar-refractivity contribution >= 4 is 17.3 Å². The lowest BCUT2D eigenvalue weighted by molar-refractivity contribution is 0.272. The van der Waals surface area contributed by atoms with Gasteiger partial charge in [0.2, 0.25) is 0 Å². The minimum Gasteiger partial charge on any atom is -0.395 e. The zero-order valence-corrected chi connectivity index (χ0v) is 6.93. The fourth-order valence-corrected chi connectivity index (χ4v) is 0.890. The molecular formula is C6H8ClF2N3. The van der Waals surface area contributed by atoms with Gasteiger partial charge in [0.25, 0.3) is 0 Å². The summed E-state index contributed by atoms with van der Waals surface area (Å²) in [6, 6.07) is -0.917. The van der Waals surface area contributed by atoms with E-state index in [1.54, 1.807) is 0 Å². The highest BCUT2D eigenvalue weighted by Crippen LogP contribution is 2.18. The molecule has 0 amide bonds. The molecular weight excluding hydrogens is 188 g/mol. The van der Waals surface area contributed by atoms with E-state index in [-0.39, 0.29) is 10.8 Å². The van der Waals surface area contributed by atoms with Crippen molar-refractivity contribution in [2.45, 2.75) is 6.04 Å². The number of nitrogens with two attached hydrogens (primary N) is 1. The van der Waals surface area contributed by atoms with Crippen molar-refractivity contribution in [1.82, 2.24) is 9.78 Å². The molecule has 6 heteroatoms. The summed E-state index contributed by atoms with van der Waals surface area (Å²) in [5.74, 6) is 0. The van der Waals surface area contributed by atoms with Crippen LogP contribution in [0.4, 0.5) is 14.5 Å². The Kier molecular flexibility index (Phi) is 2.86. The van der Waals surface area contributed by atoms with Crippen LogP contribution in [0.15, 0.2) is 6.20 Å². The normalized spacial score (nSPS) is 11.0. The molecule has 0 saturated carbocycles. The van der Waals surface area contributed by atoms with E-state index in [0.717, 1.165) is 4.68 Å². The van der Waals surface area contributed by atoms with Gasteiger partial charge in [0.15, 0.2) is 5.15 Å². The van der Waals surface area contributed by atoms with Crippen LogP contribution in [0.3, 0.4) is 0 Å². The molecule has 1 rings (SSSR count). The standard InChI is InChI=1S/C6H8ClF2N3/c7-6-5(10)3-12(11-6)4(1-8)2-9/h3-4H,1-2,10H2. The SMILES string of the molecule is Nc1cn(C(CF)CF)nc1Cl. The Morgan fingerprint density at radius 2 is 2.17 bits per heavy atom. The van der Waals surface area contributed by atoms with Gasteiger partial charge in [-0.2, -0.15) is 5.10 Å². The van der Waals surface area contributed by atoms with Gasteiger partial charge in [0, 0.05) is 0 Å². The maximum Gasteiger partial charge on any atom is 0.173 e. The predicted molar refractivity (Wildman–Crippen MR) is 42.6 cm³/mol. The van der Waals surface area contributed by atoms with Crippen molar-refractivity contribution in [3.05, 3.63) is 11.3 Å². The van der Waals surface area contributed by atoms with Gasteiger partial charge in [-0.25, -0.2) is 8.78 Å². The molecule has 1 aromatic heterocycles. The highest BCUT2D eigenvalue weighted by molar-refractivity contribution is 6.31. The number of nitrogens with zero attached hydrogens (tertiary/aromatic N) is 2. The molecule has 2 N–H and O–H groups in total. The molecule has 0 aromatic carbocycles. The summed E-state index contributed by atoms with van der Waals surface area (Å²) in [5.41, 5.74) is 5.55. The molecule has 68 valence electrons. The Balaban J connectivity index is 2.86. The van der Waals surface area contributed by atoms with Gasteiger partial charge in [-0.3, -0.25) is 4.68 Å². The van der Waals surface area contributed by atoms with Crippen LogP contribution >= 0.6 is 11.6 Å². The Morgan fingerprint density at radius 1 is 1.58 bits per heavy atom. The van der Waals surface area contributed by atoms with Gasteiger partial charge in [0.05, 0.1) is 11.9 Å². The van der Waals surface area contributed by atoms with Crippen molar-refractivity contribution in [3.63, 3.8) is 0 Å². The smallest absolute Gasteiger partial charge is 0.173 e. The number of halogens is 3. The largest absolute Gasteiger partial charge is 0.395 e. The fourth-order valence-electron chi connectivity index (χ4n) is 0.753. The van der Waals surface area contributed by atoms with Crippen LogP contribution in [0.2, 0.25) is 5.15 Å². The number of nitrogen functional groups attached to an aromatic ring is 1. The van der Waals surface area contributed by atoms with Crippen LogP contribution in [-0.2, 0) is 0 Å². The quantitative estimate of drug-likeness (QED) is 0.796. The van der Waals surface area contributed by atoms with E-state index in [1.165, 1.54) is 6.20 Å². The van der Waals surface area contributed by atoms with Crippen molar-refractivity contribution in [2.24, 2.45) is 0 Å². The maximum absolute atomic E-state index is 12.1. The zero-order valence-electron chi connectivity index (χ0n) is 6.17. The monoisotopic (exact) mass is 195 g/mol. The van der Waals surface area contributed by atoms with E-state index in [4.69, 9.17) is 17.3 Å². The first-order chi connectivity index (χ1) is 5.69. The van der Waals surface area contributed by atoms with E-state index >= 15 is 0 Å². The lowest BCUT2D eigenvalue weighted by atomic mass is 10.4. The second-order valence-electron chi connectivity index (χ2n) is 2.32. The summed E-state index contributed by atoms with van der Waals surface area (Å²) in [6.45, 7) is -1.65. The minimum absolute atomic E-state index is 0.0712. The molecule has 0 aliphatic heterocycles. The molecule has 1 aromatic rings. The van der Waals surface area contributed by atoms with Gasteiger partial charge in [0.1, 0.15) is 19.4 Å². The molecule has 0 saturated heterocycles. The Bertz CT molecular complexity index is 240. The molecule has 0 fully saturated rings. The van der Waals surface area contributed by atoms with E-state index in [1.807, 2.05) is 0 Å². The summed E-state index contributed by atoms with van der Waals surface area (Å²) in [6.07, 6.45) is 1.31. The van der Waals surface area contributed by atoms with Gasteiger partial charge in [-0.1, -0.05) is 11.6 Å². The van der Waals surface area contributed by atoms with Crippen molar-refractivity contribution in [1.29, 1.82) is 0 Å². The number of hydrogen-bond acceptors (Lipinski definition) is 2. The number of anilines is 1. The second kappa shape index (κ2) is 3.71. The second-order valence-corrected chi connectivity index (χ2v) is 2.68. The number of rotatable bonds is 3. The Hall–Kier alpha value is -0.840. The van der Waals surface area contributed by atoms with E-state index in [2.05, 4.69) is 5.10 Å². The first kappa shape index (κ1) is 9.25. The third-order valence-electron chi connectivity index (χ3n) is 1.44. The number of hydrogen-bond donors (Lipinski definition) is 1. The summed E-state index contributed by atoms with van der Waals surface area (Å²) in [5, 5.41) is 3.70. The van der Waals surface area contributed by atoms with E-state index in [0.29, 0.717) is 0 Å². The van der Waals surface area contributed by atoms with Crippen LogP contribution in [-0.4, -0.2) is 23.1 Å². The maximum atomic E-state index is 12.1. The molecule has 0 radical (unpaired) electrons. The van der Waals surface area contributed by atoms with Gasteiger partial charge < -0.3 is 5.73 Å². The zero-order chi connectivity index (χ0) is 9.14. The molecule has 0 bridgehead atoms. The van der Waals surface area contributed by atoms with Crippen molar-refractivity contribution in [2.75, 3.05) is 19.1 Å². The first-order valence-corrected chi connectivity index (χ1v) is 3.69. The molecule has 0 aliphatic rings. The summed E-state index contributed by atoms with van der Waals surface area (Å²) < 4.78 is 25.3. The Morgan fingerprint density at radius 3 is 2.50 bits per heavy atom. The highest BCUT2D eigenvalue weighted by Gasteiger charge is 2.13.